The van der Waals surface area contributed by atoms with E-state index in [1.54, 1.807) is 0 Å². The molecular formula is GaGeOSn. The van der Waals surface area contributed by atoms with Gasteiger partial charge in [-0.2, -0.15) is 0 Å². The van der Waals surface area contributed by atoms with Crippen LogP contribution < -0.4 is 0 Å². The topological polar surface area (TPSA) is 17.1 Å². The monoisotopic (exact) mass is 279 g/mol. The Morgan fingerprint density at radius 2 is 1.25 bits per heavy atom. The van der Waals surface area contributed by atoms with Crippen LogP contribution in [0.5, 0.6) is 0 Å². The first-order valence-corrected chi connectivity index (χ1v) is 1.37. The average molecular weight is 277 g/mol. The van der Waals surface area contributed by atoms with E-state index in [0.717, 1.165) is 0 Å². The van der Waals surface area contributed by atoms with E-state index in [-0.39, 0.29) is 37.4 Å². The van der Waals surface area contributed by atoms with E-state index in [4.69, 9.17) is 3.08 Å². The van der Waals surface area contributed by atoms with Crippen molar-refractivity contribution in [1.29, 1.82) is 0 Å². The van der Waals surface area contributed by atoms with Crippen LogP contribution in [-0.2, 0) is 3.08 Å². The molecule has 0 bridgehead atoms. The van der Waals surface area contributed by atoms with Crippen molar-refractivity contribution in [2.75, 3.05) is 0 Å². The fourth-order valence-electron chi connectivity index (χ4n) is 0. The van der Waals surface area contributed by atoms with Crippen molar-refractivity contribution < 1.29 is 3.08 Å². The zero-order chi connectivity index (χ0) is 2.00. The van der Waals surface area contributed by atoms with Gasteiger partial charge in [0.2, 0.25) is 0 Å². The van der Waals surface area contributed by atoms with Crippen LogP contribution in [0.1, 0.15) is 0 Å². The van der Waals surface area contributed by atoms with E-state index >= 15 is 0 Å². The molecule has 0 saturated carbocycles. The molecule has 0 aliphatic rings. The standard InChI is InChI=1S/Ga.Ge.O.Sn. The molecule has 0 aromatic heterocycles. The Morgan fingerprint density at radius 3 is 1.25 bits per heavy atom. The van der Waals surface area contributed by atoms with E-state index in [9.17, 15) is 0 Å². The molecule has 17 valence electrons. The summed E-state index contributed by atoms with van der Waals surface area (Å²) in [5.41, 5.74) is 0. The summed E-state index contributed by atoms with van der Waals surface area (Å²) in [5.74, 6) is 0. The van der Waals surface area contributed by atoms with Gasteiger partial charge < -0.3 is 0 Å². The van der Waals surface area contributed by atoms with Crippen LogP contribution in [0.2, 0.25) is 0 Å². The molecule has 1 nitrogen and oxygen atoms in total. The molecule has 0 aliphatic carbocycles. The maximum atomic E-state index is 8.34. The molecule has 0 rings (SSSR count). The van der Waals surface area contributed by atoms with Crippen molar-refractivity contribution >= 4 is 59.9 Å². The molecule has 0 saturated heterocycles. The molecule has 0 fully saturated rings. The van der Waals surface area contributed by atoms with Gasteiger partial charge in [-0.25, -0.2) is 0 Å². The van der Waals surface area contributed by atoms with E-state index in [0.29, 0.717) is 22.5 Å². The maximum absolute atomic E-state index is 8.34. The van der Waals surface area contributed by atoms with Crippen molar-refractivity contribution in [2.45, 2.75) is 0 Å². The number of rotatable bonds is 0. The molecule has 0 atom stereocenters. The molecule has 0 heterocycles. The Balaban J connectivity index is -0.00000000500. The first-order chi connectivity index (χ1) is 1.00. The Kier molecular flexibility index (Phi) is 92.2. The van der Waals surface area contributed by atoms with Gasteiger partial charge in [-0.15, -0.1) is 0 Å². The van der Waals surface area contributed by atoms with E-state index in [1.807, 2.05) is 0 Å². The van der Waals surface area contributed by atoms with Gasteiger partial charge in [0.1, 0.15) is 0 Å². The van der Waals surface area contributed by atoms with E-state index < -0.39 is 0 Å². The number of hydrogen-bond donors (Lipinski definition) is 0. The van der Waals surface area contributed by atoms with Crippen LogP contribution in [-0.4, -0.2) is 59.9 Å². The fourth-order valence-corrected chi connectivity index (χ4v) is 0. The van der Waals surface area contributed by atoms with Crippen molar-refractivity contribution in [3.05, 3.63) is 0 Å². The molecule has 0 amide bonds. The SMILES string of the molecule is [Ga].[Ge].[O]=[Sn]. The predicted octanol–water partition coefficient (Wildman–Crippen LogP) is -1.26. The number of hydrogen-bond acceptors (Lipinski definition) is 1. The molecule has 0 N–H and O–H groups in total. The molecule has 4 heteroatoms. The third-order valence-electron chi connectivity index (χ3n) is 0. The zero-order valence-electron chi connectivity index (χ0n) is 1.99. The summed E-state index contributed by atoms with van der Waals surface area (Å²) < 4.78 is 8.34. The van der Waals surface area contributed by atoms with Crippen LogP contribution in [0.4, 0.5) is 0 Å². The minimum atomic E-state index is 0. The summed E-state index contributed by atoms with van der Waals surface area (Å²) in [5, 5.41) is 0. The summed E-state index contributed by atoms with van der Waals surface area (Å²) in [6.07, 6.45) is 0. The molecule has 0 aromatic rings. The van der Waals surface area contributed by atoms with Crippen LogP contribution in [0, 0.1) is 0 Å². The first-order valence-electron chi connectivity index (χ1n) is 0.204. The van der Waals surface area contributed by atoms with Crippen molar-refractivity contribution in [2.24, 2.45) is 0 Å². The van der Waals surface area contributed by atoms with Gasteiger partial charge in [0.15, 0.2) is 0 Å². The van der Waals surface area contributed by atoms with Gasteiger partial charge in [-0.05, 0) is 0 Å². The third kappa shape index (κ3) is 9.22. The van der Waals surface area contributed by atoms with Gasteiger partial charge in [-0.1, -0.05) is 0 Å². The molecule has 0 aromatic carbocycles. The second-order valence-corrected chi connectivity index (χ2v) is 0. The normalized spacial score (nSPS) is 1.00. The summed E-state index contributed by atoms with van der Waals surface area (Å²) in [7, 11) is 0. The Hall–Kier alpha value is 1.78. The zero-order valence-corrected chi connectivity index (χ0v) is 9.36. The van der Waals surface area contributed by atoms with Crippen LogP contribution in [0.15, 0.2) is 0 Å². The molecular weight excluding hydrogens is 277 g/mol. The second-order valence-electron chi connectivity index (χ2n) is 0. The summed E-state index contributed by atoms with van der Waals surface area (Å²) in [6, 6.07) is 0. The van der Waals surface area contributed by atoms with Gasteiger partial charge in [0, 0.05) is 37.4 Å². The van der Waals surface area contributed by atoms with E-state index in [2.05, 4.69) is 0 Å². The Bertz CT molecular complexity index is 8.00. The molecule has 0 spiro atoms. The fraction of sp³-hybridized carbons (Fsp3) is 0. The van der Waals surface area contributed by atoms with Gasteiger partial charge >= 0.3 is 25.6 Å². The molecule has 0 aliphatic heterocycles. The van der Waals surface area contributed by atoms with E-state index in [1.165, 1.54) is 0 Å². The summed E-state index contributed by atoms with van der Waals surface area (Å²) in [4.78, 5) is 0. The second kappa shape index (κ2) is 21.6. The van der Waals surface area contributed by atoms with Crippen LogP contribution >= 0.6 is 0 Å². The molecule has 9 radical (unpaired) electrons. The van der Waals surface area contributed by atoms with Crippen LogP contribution in [0.25, 0.3) is 0 Å². The first kappa shape index (κ1) is 17.1. The van der Waals surface area contributed by atoms with Crippen molar-refractivity contribution in [3.8, 4) is 0 Å². The minimum absolute atomic E-state index is 0. The summed E-state index contributed by atoms with van der Waals surface area (Å²) >= 11 is 0.300. The third-order valence-corrected chi connectivity index (χ3v) is 0. The average Bonchev–Trinajstić information content (AvgIpc) is 1.00. The quantitative estimate of drug-likeness (QED) is 0.505. The predicted molar refractivity (Wildman–Crippen MR) is 17.9 cm³/mol. The van der Waals surface area contributed by atoms with Gasteiger partial charge in [0.05, 0.1) is 0 Å². The van der Waals surface area contributed by atoms with Gasteiger partial charge in [0.25, 0.3) is 0 Å². The van der Waals surface area contributed by atoms with Crippen molar-refractivity contribution in [1.82, 2.24) is 0 Å². The Morgan fingerprint density at radius 1 is 1.25 bits per heavy atom. The Labute approximate surface area is 62.4 Å². The molecule has 4 heavy (non-hydrogen) atoms. The van der Waals surface area contributed by atoms with Crippen molar-refractivity contribution in [3.63, 3.8) is 0 Å². The van der Waals surface area contributed by atoms with Crippen LogP contribution in [0.3, 0.4) is 0 Å². The molecule has 0 unspecified atom stereocenters. The summed E-state index contributed by atoms with van der Waals surface area (Å²) in [6.45, 7) is 0. The van der Waals surface area contributed by atoms with Gasteiger partial charge in [-0.3, -0.25) is 0 Å².